The van der Waals surface area contributed by atoms with Crippen LogP contribution in [0.5, 0.6) is 0 Å². The van der Waals surface area contributed by atoms with Crippen LogP contribution in [0.15, 0.2) is 30.6 Å². The first-order valence-corrected chi connectivity index (χ1v) is 3.10. The van der Waals surface area contributed by atoms with Crippen LogP contribution < -0.4 is 5.73 Å². The van der Waals surface area contributed by atoms with Gasteiger partial charge in [0.15, 0.2) is 0 Å². The maximum absolute atomic E-state index is 8.28. The van der Waals surface area contributed by atoms with Crippen molar-refractivity contribution >= 4 is 5.70 Å². The fourth-order valence-corrected chi connectivity index (χ4v) is 0.697. The van der Waals surface area contributed by atoms with Gasteiger partial charge in [0.05, 0.1) is 6.07 Å². The van der Waals surface area contributed by atoms with E-state index in [0.29, 0.717) is 5.70 Å². The van der Waals surface area contributed by atoms with Crippen molar-refractivity contribution in [2.24, 2.45) is 5.73 Å². The highest BCUT2D eigenvalue weighted by atomic mass is 14.6. The van der Waals surface area contributed by atoms with Crippen LogP contribution in [0.1, 0.15) is 5.56 Å². The Labute approximate surface area is 64.8 Å². The number of nitrogens with zero attached hydrogens (tertiary/aromatic N) is 2. The minimum absolute atomic E-state index is 0.468. The lowest BCUT2D eigenvalue weighted by Gasteiger charge is -1.95. The minimum atomic E-state index is 0.468. The maximum atomic E-state index is 8.28. The normalized spacial score (nSPS) is 10.6. The van der Waals surface area contributed by atoms with Gasteiger partial charge in [-0.15, -0.1) is 0 Å². The number of hydrogen-bond acceptors (Lipinski definition) is 3. The van der Waals surface area contributed by atoms with Gasteiger partial charge in [-0.2, -0.15) is 5.26 Å². The Balaban J connectivity index is 2.96. The summed E-state index contributed by atoms with van der Waals surface area (Å²) in [5.41, 5.74) is 6.80. The van der Waals surface area contributed by atoms with Gasteiger partial charge < -0.3 is 5.73 Å². The van der Waals surface area contributed by atoms with E-state index < -0.39 is 0 Å². The molecule has 1 aromatic heterocycles. The van der Waals surface area contributed by atoms with Gasteiger partial charge in [0.1, 0.15) is 0 Å². The molecule has 1 aromatic rings. The Hall–Kier alpha value is -1.82. The van der Waals surface area contributed by atoms with Crippen LogP contribution in [0, 0.1) is 11.3 Å². The molecule has 0 saturated heterocycles. The molecule has 2 N–H and O–H groups in total. The van der Waals surface area contributed by atoms with Crippen LogP contribution in [0.2, 0.25) is 0 Å². The van der Waals surface area contributed by atoms with E-state index in [4.69, 9.17) is 11.0 Å². The summed E-state index contributed by atoms with van der Waals surface area (Å²) < 4.78 is 0. The van der Waals surface area contributed by atoms with Crippen molar-refractivity contribution in [2.75, 3.05) is 0 Å². The zero-order valence-electron chi connectivity index (χ0n) is 5.86. The molecule has 3 heteroatoms. The molecule has 54 valence electrons. The van der Waals surface area contributed by atoms with E-state index in [1.54, 1.807) is 24.5 Å². The maximum Gasteiger partial charge on any atom is 0.0933 e. The number of pyridine rings is 1. The number of aromatic nitrogens is 1. The third kappa shape index (κ3) is 1.80. The van der Waals surface area contributed by atoms with Gasteiger partial charge in [-0.1, -0.05) is 0 Å². The molecule has 0 aromatic carbocycles. The Morgan fingerprint density at radius 3 is 2.73 bits per heavy atom. The van der Waals surface area contributed by atoms with E-state index in [1.807, 2.05) is 6.07 Å². The van der Waals surface area contributed by atoms with Crippen molar-refractivity contribution in [3.63, 3.8) is 0 Å². The molecule has 0 amide bonds. The molecule has 0 aliphatic carbocycles. The molecule has 0 spiro atoms. The largest absolute Gasteiger partial charge is 0.398 e. The van der Waals surface area contributed by atoms with Crippen molar-refractivity contribution in [3.8, 4) is 6.07 Å². The third-order valence-corrected chi connectivity index (χ3v) is 1.23. The van der Waals surface area contributed by atoms with Crippen molar-refractivity contribution < 1.29 is 0 Å². The van der Waals surface area contributed by atoms with E-state index in [-0.39, 0.29) is 0 Å². The lowest BCUT2D eigenvalue weighted by Crippen LogP contribution is -1.94. The Kier molecular flexibility index (Phi) is 2.24. The number of rotatable bonds is 1. The van der Waals surface area contributed by atoms with Crippen molar-refractivity contribution in [1.29, 1.82) is 5.26 Å². The number of allylic oxidation sites excluding steroid dienone is 1. The zero-order chi connectivity index (χ0) is 8.10. The van der Waals surface area contributed by atoms with E-state index in [0.717, 1.165) is 5.56 Å². The minimum Gasteiger partial charge on any atom is -0.398 e. The first kappa shape index (κ1) is 7.29. The fourth-order valence-electron chi connectivity index (χ4n) is 0.697. The second-order valence-corrected chi connectivity index (χ2v) is 1.96. The molecular weight excluding hydrogens is 138 g/mol. The summed E-state index contributed by atoms with van der Waals surface area (Å²) in [5.74, 6) is 0. The molecule has 0 atom stereocenters. The fraction of sp³-hybridized carbons (Fsp3) is 0. The Bertz CT molecular complexity index is 295. The van der Waals surface area contributed by atoms with E-state index >= 15 is 0 Å². The van der Waals surface area contributed by atoms with Crippen LogP contribution in [-0.2, 0) is 0 Å². The summed E-state index contributed by atoms with van der Waals surface area (Å²) >= 11 is 0. The predicted molar refractivity (Wildman–Crippen MR) is 42.0 cm³/mol. The van der Waals surface area contributed by atoms with Gasteiger partial charge in [-0.25, -0.2) is 0 Å². The van der Waals surface area contributed by atoms with Crippen molar-refractivity contribution in [3.05, 3.63) is 36.2 Å². The topological polar surface area (TPSA) is 62.7 Å². The van der Waals surface area contributed by atoms with Gasteiger partial charge in [0.25, 0.3) is 0 Å². The molecule has 3 nitrogen and oxygen atoms in total. The highest BCUT2D eigenvalue weighted by Gasteiger charge is 1.92. The van der Waals surface area contributed by atoms with Crippen LogP contribution in [-0.4, -0.2) is 4.98 Å². The highest BCUT2D eigenvalue weighted by Crippen LogP contribution is 2.04. The SMILES string of the molecule is N#C/C=C(\N)c1ccncc1. The molecule has 0 bridgehead atoms. The average Bonchev–Trinajstić information content (AvgIpc) is 2.07. The van der Waals surface area contributed by atoms with E-state index in [1.165, 1.54) is 6.08 Å². The molecule has 0 fully saturated rings. The summed E-state index contributed by atoms with van der Waals surface area (Å²) in [4.78, 5) is 3.82. The molecule has 0 saturated carbocycles. The quantitative estimate of drug-likeness (QED) is 0.597. The Morgan fingerprint density at radius 2 is 2.18 bits per heavy atom. The molecule has 0 aliphatic rings. The number of nitrogens with two attached hydrogens (primary N) is 1. The van der Waals surface area contributed by atoms with Gasteiger partial charge in [0.2, 0.25) is 0 Å². The molecular formula is C8H7N3. The van der Waals surface area contributed by atoms with Gasteiger partial charge in [-0.3, -0.25) is 4.98 Å². The summed E-state index contributed by atoms with van der Waals surface area (Å²) in [5, 5.41) is 8.28. The molecule has 11 heavy (non-hydrogen) atoms. The molecule has 0 aliphatic heterocycles. The highest BCUT2D eigenvalue weighted by molar-refractivity contribution is 5.63. The van der Waals surface area contributed by atoms with Crippen LogP contribution in [0.4, 0.5) is 0 Å². The second-order valence-electron chi connectivity index (χ2n) is 1.96. The molecule has 0 unspecified atom stereocenters. The standard InChI is InChI=1S/C8H7N3/c9-4-1-8(10)7-2-5-11-6-3-7/h1-3,5-6H,10H2/b8-1-. The lowest BCUT2D eigenvalue weighted by molar-refractivity contribution is 1.31. The first-order chi connectivity index (χ1) is 5.34. The summed E-state index contributed by atoms with van der Waals surface area (Å²) in [6, 6.07) is 5.36. The summed E-state index contributed by atoms with van der Waals surface area (Å²) in [6.07, 6.45) is 4.57. The molecule has 1 rings (SSSR count). The smallest absolute Gasteiger partial charge is 0.0933 e. The third-order valence-electron chi connectivity index (χ3n) is 1.23. The average molecular weight is 145 g/mol. The summed E-state index contributed by atoms with van der Waals surface area (Å²) in [7, 11) is 0. The van der Waals surface area contributed by atoms with Crippen molar-refractivity contribution in [1.82, 2.24) is 4.98 Å². The van der Waals surface area contributed by atoms with Crippen molar-refractivity contribution in [2.45, 2.75) is 0 Å². The molecule has 1 heterocycles. The predicted octanol–water partition coefficient (Wildman–Crippen LogP) is 0.905. The lowest BCUT2D eigenvalue weighted by atomic mass is 10.2. The van der Waals surface area contributed by atoms with Gasteiger partial charge >= 0.3 is 0 Å². The molecule has 0 radical (unpaired) electrons. The van der Waals surface area contributed by atoms with E-state index in [2.05, 4.69) is 4.98 Å². The first-order valence-electron chi connectivity index (χ1n) is 3.10. The van der Waals surface area contributed by atoms with Gasteiger partial charge in [-0.05, 0) is 12.1 Å². The van der Waals surface area contributed by atoms with Crippen LogP contribution >= 0.6 is 0 Å². The van der Waals surface area contributed by atoms with Gasteiger partial charge in [0, 0.05) is 29.7 Å². The van der Waals surface area contributed by atoms with Crippen LogP contribution in [0.25, 0.3) is 5.70 Å². The Morgan fingerprint density at radius 1 is 1.55 bits per heavy atom. The number of nitriles is 1. The second kappa shape index (κ2) is 3.37. The summed E-state index contributed by atoms with van der Waals surface area (Å²) in [6.45, 7) is 0. The number of hydrogen-bond donors (Lipinski definition) is 1. The zero-order valence-corrected chi connectivity index (χ0v) is 5.86. The van der Waals surface area contributed by atoms with E-state index in [9.17, 15) is 0 Å². The van der Waals surface area contributed by atoms with Crippen LogP contribution in [0.3, 0.4) is 0 Å². The monoisotopic (exact) mass is 145 g/mol.